The molecule has 0 saturated carbocycles. The number of thiophene rings is 1. The van der Waals surface area contributed by atoms with E-state index in [0.717, 1.165) is 29.7 Å². The molecule has 5 heteroatoms. The van der Waals surface area contributed by atoms with Gasteiger partial charge in [-0.15, -0.1) is 0 Å². The van der Waals surface area contributed by atoms with Crippen LogP contribution in [0.1, 0.15) is 16.1 Å². The number of nitrogen functional groups attached to an aromatic ring is 1. The van der Waals surface area contributed by atoms with E-state index in [1.165, 1.54) is 27.5 Å². The summed E-state index contributed by atoms with van der Waals surface area (Å²) in [4.78, 5) is 6.59. The Balaban J connectivity index is 2.24. The molecule has 0 amide bonds. The predicted octanol–water partition coefficient (Wildman–Crippen LogP) is -0.260. The quantitative estimate of drug-likeness (QED) is 0.672. The van der Waals surface area contributed by atoms with Gasteiger partial charge in [-0.3, -0.25) is 0 Å². The average molecular weight is 246 g/mol. The maximum atomic E-state index is 8.99. The number of H-pyrrole nitrogens is 1. The van der Waals surface area contributed by atoms with E-state index in [-0.39, 0.29) is 0 Å². The molecular weight excluding hydrogens is 232 g/mol. The van der Waals surface area contributed by atoms with Crippen molar-refractivity contribution in [3.8, 4) is 6.07 Å². The smallest absolute Gasteiger partial charge is 0.270 e. The number of aromatic nitrogens is 1. The monoisotopic (exact) mass is 246 g/mol. The number of rotatable bonds is 0. The van der Waals surface area contributed by atoms with Crippen LogP contribution in [0, 0.1) is 11.3 Å². The van der Waals surface area contributed by atoms with Crippen LogP contribution >= 0.6 is 11.3 Å². The first kappa shape index (κ1) is 10.5. The van der Waals surface area contributed by atoms with Crippen molar-refractivity contribution in [3.63, 3.8) is 0 Å². The molecule has 0 aliphatic carbocycles. The van der Waals surface area contributed by atoms with E-state index < -0.39 is 0 Å². The van der Waals surface area contributed by atoms with Crippen molar-refractivity contribution in [1.82, 2.24) is 0 Å². The Bertz CT molecular complexity index is 638. The molecule has 2 aromatic heterocycles. The number of nitrogens with one attached hydrogen (secondary N) is 2. The fourth-order valence-electron chi connectivity index (χ4n) is 2.39. The Labute approximate surface area is 103 Å². The Morgan fingerprint density at radius 1 is 1.59 bits per heavy atom. The first-order valence-electron chi connectivity index (χ1n) is 5.66. The number of nitrogens with zero attached hydrogens (tertiary/aromatic N) is 1. The molecule has 0 spiro atoms. The van der Waals surface area contributed by atoms with Crippen LogP contribution in [0.15, 0.2) is 6.07 Å². The van der Waals surface area contributed by atoms with Crippen molar-refractivity contribution in [2.45, 2.75) is 13.0 Å². The Hall–Kier alpha value is -1.64. The second-order valence-electron chi connectivity index (χ2n) is 4.61. The lowest BCUT2D eigenvalue weighted by Crippen LogP contribution is -3.08. The van der Waals surface area contributed by atoms with Gasteiger partial charge in [0.05, 0.1) is 36.7 Å². The highest BCUT2D eigenvalue weighted by molar-refractivity contribution is 7.19. The van der Waals surface area contributed by atoms with Crippen molar-refractivity contribution >= 4 is 27.2 Å². The minimum Gasteiger partial charge on any atom is -0.396 e. The van der Waals surface area contributed by atoms with Crippen LogP contribution in [0.4, 0.5) is 5.69 Å². The standard InChI is InChI=1S/C12H12N4S/c1-16-3-2-9-7(6-16)4-8-11(14)10(5-13)17-12(8)15-9/h4H,2-3,6,14H2,1H3/p+2. The van der Waals surface area contributed by atoms with Gasteiger partial charge in [-0.25, -0.2) is 0 Å². The lowest BCUT2D eigenvalue weighted by Gasteiger charge is -2.18. The molecular formula is C12H14N4S+2. The molecule has 1 aliphatic heterocycles. The van der Waals surface area contributed by atoms with Crippen LogP contribution in [-0.4, -0.2) is 13.6 Å². The fraction of sp³-hybridized carbons (Fsp3) is 0.333. The summed E-state index contributed by atoms with van der Waals surface area (Å²) in [5.41, 5.74) is 9.23. The van der Waals surface area contributed by atoms with Crippen molar-refractivity contribution in [2.75, 3.05) is 19.3 Å². The van der Waals surface area contributed by atoms with Gasteiger partial charge in [0.25, 0.3) is 4.83 Å². The molecule has 1 unspecified atom stereocenters. The second-order valence-corrected chi connectivity index (χ2v) is 5.63. The normalized spacial score (nSPS) is 18.9. The van der Waals surface area contributed by atoms with Crippen LogP contribution in [0.2, 0.25) is 0 Å². The highest BCUT2D eigenvalue weighted by Gasteiger charge is 2.25. The molecule has 0 radical (unpaired) electrons. The van der Waals surface area contributed by atoms with Gasteiger partial charge in [-0.05, 0) is 6.07 Å². The summed E-state index contributed by atoms with van der Waals surface area (Å²) in [5.74, 6) is 0. The molecule has 1 aliphatic rings. The first-order valence-corrected chi connectivity index (χ1v) is 6.48. The van der Waals surface area contributed by atoms with E-state index in [1.54, 1.807) is 0 Å². The zero-order valence-electron chi connectivity index (χ0n) is 9.63. The molecule has 3 heterocycles. The van der Waals surface area contributed by atoms with Gasteiger partial charge in [-0.2, -0.15) is 10.2 Å². The Morgan fingerprint density at radius 2 is 2.41 bits per heavy atom. The first-order chi connectivity index (χ1) is 8.19. The Morgan fingerprint density at radius 3 is 3.18 bits per heavy atom. The maximum Gasteiger partial charge on any atom is 0.270 e. The molecule has 4 nitrogen and oxygen atoms in total. The lowest BCUT2D eigenvalue weighted by molar-refractivity contribution is -0.896. The summed E-state index contributed by atoms with van der Waals surface area (Å²) in [5, 5.41) is 9.99. The maximum absolute atomic E-state index is 8.99. The molecule has 0 saturated heterocycles. The molecule has 17 heavy (non-hydrogen) atoms. The van der Waals surface area contributed by atoms with Gasteiger partial charge in [0, 0.05) is 0 Å². The van der Waals surface area contributed by atoms with Gasteiger partial charge >= 0.3 is 0 Å². The number of nitriles is 1. The van der Waals surface area contributed by atoms with Crippen molar-refractivity contribution < 1.29 is 9.88 Å². The Kier molecular flexibility index (Phi) is 2.28. The molecule has 4 N–H and O–H groups in total. The summed E-state index contributed by atoms with van der Waals surface area (Å²) in [7, 11) is 2.20. The summed E-state index contributed by atoms with van der Waals surface area (Å²) in [6.07, 6.45) is 1.07. The predicted molar refractivity (Wildman–Crippen MR) is 66.7 cm³/mol. The number of hydrogen-bond acceptors (Lipinski definition) is 3. The van der Waals surface area contributed by atoms with Crippen LogP contribution < -0.4 is 15.6 Å². The lowest BCUT2D eigenvalue weighted by atomic mass is 10.0. The van der Waals surface area contributed by atoms with E-state index in [2.05, 4.69) is 24.2 Å². The van der Waals surface area contributed by atoms with Crippen molar-refractivity contribution in [1.29, 1.82) is 5.26 Å². The van der Waals surface area contributed by atoms with E-state index in [9.17, 15) is 0 Å². The van der Waals surface area contributed by atoms with Crippen LogP contribution in [0.3, 0.4) is 0 Å². The largest absolute Gasteiger partial charge is 0.396 e. The number of fused-ring (bicyclic) bond motifs is 2. The molecule has 1 atom stereocenters. The van der Waals surface area contributed by atoms with Crippen LogP contribution in [0.5, 0.6) is 0 Å². The topological polar surface area (TPSA) is 68.4 Å². The van der Waals surface area contributed by atoms with E-state index in [1.807, 2.05) is 0 Å². The fourth-order valence-corrected chi connectivity index (χ4v) is 3.31. The number of nitrogens with two attached hydrogens (primary N) is 1. The number of hydrogen-bond donors (Lipinski definition) is 2. The molecule has 0 bridgehead atoms. The van der Waals surface area contributed by atoms with Gasteiger partial charge in [-0.1, -0.05) is 11.3 Å². The number of quaternary nitrogens is 1. The van der Waals surface area contributed by atoms with Crippen LogP contribution in [0.25, 0.3) is 10.2 Å². The number of pyridine rings is 1. The molecule has 3 rings (SSSR count). The third kappa shape index (κ3) is 1.57. The minimum atomic E-state index is 0.610. The molecule has 0 fully saturated rings. The number of likely N-dealkylation sites (N-methyl/N-ethyl adjacent to an activating group) is 1. The van der Waals surface area contributed by atoms with Gasteiger partial charge < -0.3 is 10.6 Å². The minimum absolute atomic E-state index is 0.610. The van der Waals surface area contributed by atoms with Gasteiger partial charge in [0.2, 0.25) is 0 Å². The van der Waals surface area contributed by atoms with Crippen LogP contribution in [-0.2, 0) is 13.0 Å². The van der Waals surface area contributed by atoms with E-state index >= 15 is 0 Å². The highest BCUT2D eigenvalue weighted by Crippen LogP contribution is 2.31. The average Bonchev–Trinajstić information content (AvgIpc) is 2.63. The van der Waals surface area contributed by atoms with Crippen molar-refractivity contribution in [2.24, 2.45) is 0 Å². The zero-order valence-corrected chi connectivity index (χ0v) is 10.4. The summed E-state index contributed by atoms with van der Waals surface area (Å²) in [6.45, 7) is 2.18. The number of aromatic amines is 1. The number of anilines is 1. The third-order valence-corrected chi connectivity index (χ3v) is 4.39. The molecule has 0 aromatic carbocycles. The summed E-state index contributed by atoms with van der Waals surface area (Å²) >= 11 is 1.45. The molecule has 2 aromatic rings. The van der Waals surface area contributed by atoms with Gasteiger partial charge in [0.15, 0.2) is 5.69 Å². The summed E-state index contributed by atoms with van der Waals surface area (Å²) in [6, 6.07) is 4.30. The highest BCUT2D eigenvalue weighted by atomic mass is 32.1. The van der Waals surface area contributed by atoms with Gasteiger partial charge in [0.1, 0.15) is 17.5 Å². The second kappa shape index (κ2) is 3.69. The molecule has 86 valence electrons. The SMILES string of the molecule is C[NH+]1CCc2[nH+]c3sc(C#N)c(N)c3cc2C1. The third-order valence-electron chi connectivity index (χ3n) is 3.35. The van der Waals surface area contributed by atoms with E-state index in [4.69, 9.17) is 11.0 Å². The summed E-state index contributed by atoms with van der Waals surface area (Å²) < 4.78 is 0. The van der Waals surface area contributed by atoms with Crippen molar-refractivity contribution in [3.05, 3.63) is 22.2 Å². The zero-order chi connectivity index (χ0) is 12.0. The van der Waals surface area contributed by atoms with E-state index in [0.29, 0.717) is 10.6 Å².